The second kappa shape index (κ2) is 9.97. The van der Waals surface area contributed by atoms with Crippen molar-refractivity contribution in [1.82, 2.24) is 4.90 Å². The minimum Gasteiger partial charge on any atom is -0.486 e. The van der Waals surface area contributed by atoms with Crippen LogP contribution in [0.5, 0.6) is 5.75 Å². The molecule has 2 aromatic carbocycles. The largest absolute Gasteiger partial charge is 0.486 e. The maximum atomic E-state index is 12.8. The lowest BCUT2D eigenvalue weighted by atomic mass is 10.0. The Kier molecular flexibility index (Phi) is 7.37. The molecule has 1 aliphatic rings. The average molecular weight is 391 g/mol. The molecule has 152 valence electrons. The summed E-state index contributed by atoms with van der Waals surface area (Å²) in [5.41, 5.74) is 0.401. The zero-order chi connectivity index (χ0) is 19.8. The van der Waals surface area contributed by atoms with Crippen molar-refractivity contribution in [2.45, 2.75) is 50.8 Å². The minimum absolute atomic E-state index is 0.153. The maximum Gasteiger partial charge on any atom is 0.416 e. The van der Waals surface area contributed by atoms with Crippen molar-refractivity contribution in [1.29, 1.82) is 0 Å². The third-order valence-corrected chi connectivity index (χ3v) is 5.27. The monoisotopic (exact) mass is 391 g/mol. The van der Waals surface area contributed by atoms with Crippen LogP contribution in [0.4, 0.5) is 13.2 Å². The Morgan fingerprint density at radius 1 is 0.857 bits per heavy atom. The summed E-state index contributed by atoms with van der Waals surface area (Å²) >= 11 is 0. The van der Waals surface area contributed by atoms with Crippen LogP contribution in [0.15, 0.2) is 54.6 Å². The second-order valence-electron chi connectivity index (χ2n) is 7.44. The molecule has 3 rings (SSSR count). The molecule has 0 aliphatic carbocycles. The van der Waals surface area contributed by atoms with Crippen molar-refractivity contribution in [3.63, 3.8) is 0 Å². The van der Waals surface area contributed by atoms with Crippen LogP contribution in [0.2, 0.25) is 0 Å². The van der Waals surface area contributed by atoms with Crippen LogP contribution in [0.3, 0.4) is 0 Å². The van der Waals surface area contributed by atoms with Crippen LogP contribution in [0, 0.1) is 0 Å². The number of alkyl halides is 3. The highest BCUT2D eigenvalue weighted by Crippen LogP contribution is 2.32. The van der Waals surface area contributed by atoms with Crippen molar-refractivity contribution >= 4 is 0 Å². The molecule has 2 aromatic rings. The summed E-state index contributed by atoms with van der Waals surface area (Å²) in [4.78, 5) is 2.53. The number of likely N-dealkylation sites (tertiary alicyclic amines) is 1. The molecule has 1 fully saturated rings. The number of hydrogen-bond donors (Lipinski definition) is 0. The predicted molar refractivity (Wildman–Crippen MR) is 105 cm³/mol. The fourth-order valence-electron chi connectivity index (χ4n) is 3.70. The molecule has 1 unspecified atom stereocenters. The molecule has 1 aliphatic heterocycles. The van der Waals surface area contributed by atoms with Crippen molar-refractivity contribution in [3.8, 4) is 5.75 Å². The van der Waals surface area contributed by atoms with Gasteiger partial charge in [0.25, 0.3) is 0 Å². The SMILES string of the molecule is FC(F)(F)c1ccc(OC(CCCCN2CCCCC2)c2ccccc2)cc1. The minimum atomic E-state index is -4.33. The summed E-state index contributed by atoms with van der Waals surface area (Å²) in [5, 5.41) is 0. The number of hydrogen-bond acceptors (Lipinski definition) is 2. The van der Waals surface area contributed by atoms with E-state index in [0.717, 1.165) is 43.5 Å². The van der Waals surface area contributed by atoms with Crippen molar-refractivity contribution in [2.24, 2.45) is 0 Å². The Bertz CT molecular complexity index is 694. The molecule has 5 heteroatoms. The quantitative estimate of drug-likeness (QED) is 0.477. The molecule has 0 radical (unpaired) electrons. The maximum absolute atomic E-state index is 12.8. The fourth-order valence-corrected chi connectivity index (χ4v) is 3.70. The van der Waals surface area contributed by atoms with Crippen LogP contribution in [-0.4, -0.2) is 24.5 Å². The third kappa shape index (κ3) is 6.26. The van der Waals surface area contributed by atoms with Crippen LogP contribution in [0.25, 0.3) is 0 Å². The van der Waals surface area contributed by atoms with E-state index in [1.165, 1.54) is 44.5 Å². The molecule has 1 saturated heterocycles. The predicted octanol–water partition coefficient (Wildman–Crippen LogP) is 6.48. The van der Waals surface area contributed by atoms with Crippen molar-refractivity contribution in [3.05, 3.63) is 65.7 Å². The molecule has 1 heterocycles. The second-order valence-corrected chi connectivity index (χ2v) is 7.44. The molecule has 0 saturated carbocycles. The average Bonchev–Trinajstić information content (AvgIpc) is 2.71. The van der Waals surface area contributed by atoms with E-state index in [2.05, 4.69) is 4.90 Å². The van der Waals surface area contributed by atoms with Crippen LogP contribution < -0.4 is 4.74 Å². The highest BCUT2D eigenvalue weighted by molar-refractivity contribution is 5.30. The van der Waals surface area contributed by atoms with Gasteiger partial charge in [-0.25, -0.2) is 0 Å². The molecule has 0 amide bonds. The van der Waals surface area contributed by atoms with Gasteiger partial charge in [0.2, 0.25) is 0 Å². The number of piperidine rings is 1. The molecule has 2 nitrogen and oxygen atoms in total. The van der Waals surface area contributed by atoms with E-state index in [1.54, 1.807) is 0 Å². The lowest BCUT2D eigenvalue weighted by Gasteiger charge is -2.26. The molecule has 28 heavy (non-hydrogen) atoms. The number of ether oxygens (including phenoxy) is 1. The van der Waals surface area contributed by atoms with Gasteiger partial charge < -0.3 is 9.64 Å². The van der Waals surface area contributed by atoms with Crippen LogP contribution >= 0.6 is 0 Å². The van der Waals surface area contributed by atoms with E-state index >= 15 is 0 Å². The zero-order valence-corrected chi connectivity index (χ0v) is 16.1. The topological polar surface area (TPSA) is 12.5 Å². The van der Waals surface area contributed by atoms with Gasteiger partial charge in [0, 0.05) is 0 Å². The van der Waals surface area contributed by atoms with E-state index in [-0.39, 0.29) is 6.10 Å². The number of rotatable bonds is 8. The first-order valence-electron chi connectivity index (χ1n) is 10.1. The highest BCUT2D eigenvalue weighted by Gasteiger charge is 2.30. The van der Waals surface area contributed by atoms with Crippen molar-refractivity contribution in [2.75, 3.05) is 19.6 Å². The Labute approximate surface area is 165 Å². The molecule has 0 N–H and O–H groups in total. The van der Waals surface area contributed by atoms with E-state index in [1.807, 2.05) is 30.3 Å². The van der Waals surface area contributed by atoms with Gasteiger partial charge in [-0.2, -0.15) is 13.2 Å². The van der Waals surface area contributed by atoms with Crippen LogP contribution in [0.1, 0.15) is 55.8 Å². The third-order valence-electron chi connectivity index (χ3n) is 5.27. The van der Waals surface area contributed by atoms with Gasteiger partial charge in [0.1, 0.15) is 11.9 Å². The number of unbranched alkanes of at least 4 members (excludes halogenated alkanes) is 1. The van der Waals surface area contributed by atoms with Gasteiger partial charge in [-0.15, -0.1) is 0 Å². The summed E-state index contributed by atoms with van der Waals surface area (Å²) < 4.78 is 44.4. The van der Waals surface area contributed by atoms with E-state index in [4.69, 9.17) is 4.74 Å². The molecular formula is C23H28F3NO. The lowest BCUT2D eigenvalue weighted by Crippen LogP contribution is -2.30. The summed E-state index contributed by atoms with van der Waals surface area (Å²) in [6.45, 7) is 3.51. The number of nitrogens with zero attached hydrogens (tertiary/aromatic N) is 1. The molecule has 0 aromatic heterocycles. The summed E-state index contributed by atoms with van der Waals surface area (Å²) in [6, 6.07) is 14.9. The first-order valence-corrected chi connectivity index (χ1v) is 10.1. The number of benzene rings is 2. The van der Waals surface area contributed by atoms with Crippen LogP contribution in [-0.2, 0) is 6.18 Å². The smallest absolute Gasteiger partial charge is 0.416 e. The first kappa shape index (κ1) is 20.7. The normalized spacial score (nSPS) is 16.7. The summed E-state index contributed by atoms with van der Waals surface area (Å²) in [7, 11) is 0. The Morgan fingerprint density at radius 2 is 1.54 bits per heavy atom. The molecule has 1 atom stereocenters. The van der Waals surface area contributed by atoms with Gasteiger partial charge >= 0.3 is 6.18 Å². The summed E-state index contributed by atoms with van der Waals surface area (Å²) in [5.74, 6) is 0.470. The van der Waals surface area contributed by atoms with Gasteiger partial charge in [-0.05, 0) is 81.6 Å². The Morgan fingerprint density at radius 3 is 2.18 bits per heavy atom. The Balaban J connectivity index is 1.57. The van der Waals surface area contributed by atoms with E-state index < -0.39 is 11.7 Å². The molecular weight excluding hydrogens is 363 g/mol. The first-order chi connectivity index (χ1) is 13.5. The fraction of sp³-hybridized carbons (Fsp3) is 0.478. The lowest BCUT2D eigenvalue weighted by molar-refractivity contribution is -0.137. The van der Waals surface area contributed by atoms with Gasteiger partial charge in [0.05, 0.1) is 5.56 Å². The van der Waals surface area contributed by atoms with Gasteiger partial charge in [-0.1, -0.05) is 36.8 Å². The van der Waals surface area contributed by atoms with Gasteiger partial charge in [0.15, 0.2) is 0 Å². The standard InChI is InChI=1S/C23H28F3NO/c24-23(25,26)20-12-14-21(15-13-20)28-22(19-9-3-1-4-10-19)11-5-8-18-27-16-6-2-7-17-27/h1,3-4,9-10,12-15,22H,2,5-8,11,16-18H2. The van der Waals surface area contributed by atoms with Gasteiger partial charge in [-0.3, -0.25) is 0 Å². The summed E-state index contributed by atoms with van der Waals surface area (Å²) in [6.07, 6.45) is 2.43. The van der Waals surface area contributed by atoms with E-state index in [0.29, 0.717) is 5.75 Å². The molecule has 0 bridgehead atoms. The molecule has 0 spiro atoms. The highest BCUT2D eigenvalue weighted by atomic mass is 19.4. The number of halogens is 3. The van der Waals surface area contributed by atoms with Crippen molar-refractivity contribution < 1.29 is 17.9 Å². The zero-order valence-electron chi connectivity index (χ0n) is 16.1. The van der Waals surface area contributed by atoms with E-state index in [9.17, 15) is 13.2 Å². The Hall–Kier alpha value is -2.01.